The standard InChI is InChI=1S/C11H12F3NO3S/c12-11(13,14)19(16,17)10-4-2-1-3-9(10)18-8-5-6-15-7-8/h1-4,8,15H,5-7H2. The summed E-state index contributed by atoms with van der Waals surface area (Å²) in [7, 11) is -5.39. The molecule has 1 fully saturated rings. The van der Waals surface area contributed by atoms with Crippen LogP contribution in [0.3, 0.4) is 0 Å². The zero-order valence-corrected chi connectivity index (χ0v) is 10.6. The lowest BCUT2D eigenvalue weighted by molar-refractivity contribution is -0.0437. The highest BCUT2D eigenvalue weighted by molar-refractivity contribution is 7.92. The van der Waals surface area contributed by atoms with Crippen molar-refractivity contribution in [3.05, 3.63) is 24.3 Å². The molecule has 0 aromatic heterocycles. The van der Waals surface area contributed by atoms with Gasteiger partial charge in [0.15, 0.2) is 0 Å². The van der Waals surface area contributed by atoms with Gasteiger partial charge >= 0.3 is 5.51 Å². The third-order valence-corrected chi connectivity index (χ3v) is 4.28. The van der Waals surface area contributed by atoms with E-state index in [4.69, 9.17) is 4.74 Å². The molecule has 0 bridgehead atoms. The maximum Gasteiger partial charge on any atom is 0.502 e. The Balaban J connectivity index is 2.36. The predicted octanol–water partition coefficient (Wildman–Crippen LogP) is 1.72. The van der Waals surface area contributed by atoms with E-state index >= 15 is 0 Å². The maximum atomic E-state index is 12.6. The molecule has 8 heteroatoms. The molecule has 1 unspecified atom stereocenters. The van der Waals surface area contributed by atoms with Crippen molar-refractivity contribution in [3.63, 3.8) is 0 Å². The number of benzene rings is 1. The zero-order valence-electron chi connectivity index (χ0n) is 9.77. The normalized spacial score (nSPS) is 20.5. The van der Waals surface area contributed by atoms with Gasteiger partial charge in [-0.1, -0.05) is 12.1 Å². The quantitative estimate of drug-likeness (QED) is 0.922. The fourth-order valence-electron chi connectivity index (χ4n) is 1.80. The van der Waals surface area contributed by atoms with E-state index in [0.717, 1.165) is 6.07 Å². The zero-order chi connectivity index (χ0) is 14.1. The highest BCUT2D eigenvalue weighted by atomic mass is 32.2. The average molecular weight is 295 g/mol. The smallest absolute Gasteiger partial charge is 0.488 e. The van der Waals surface area contributed by atoms with Crippen molar-refractivity contribution in [1.82, 2.24) is 5.32 Å². The Morgan fingerprint density at radius 3 is 2.53 bits per heavy atom. The van der Waals surface area contributed by atoms with Gasteiger partial charge in [-0.15, -0.1) is 0 Å². The highest BCUT2D eigenvalue weighted by Crippen LogP contribution is 2.35. The molecule has 106 valence electrons. The third-order valence-electron chi connectivity index (χ3n) is 2.75. The minimum atomic E-state index is -5.39. The van der Waals surface area contributed by atoms with Crippen LogP contribution in [0, 0.1) is 0 Å². The Morgan fingerprint density at radius 2 is 1.95 bits per heavy atom. The van der Waals surface area contributed by atoms with Gasteiger partial charge in [0.05, 0.1) is 0 Å². The van der Waals surface area contributed by atoms with E-state index < -0.39 is 20.2 Å². The molecule has 4 nitrogen and oxygen atoms in total. The molecule has 0 spiro atoms. The highest BCUT2D eigenvalue weighted by Gasteiger charge is 2.48. The summed E-state index contributed by atoms with van der Waals surface area (Å²) in [5.74, 6) is -0.256. The van der Waals surface area contributed by atoms with Crippen LogP contribution in [0.2, 0.25) is 0 Å². The lowest BCUT2D eigenvalue weighted by Gasteiger charge is -2.16. The molecule has 1 saturated heterocycles. The van der Waals surface area contributed by atoms with Crippen LogP contribution in [0.25, 0.3) is 0 Å². The lowest BCUT2D eigenvalue weighted by atomic mass is 10.3. The van der Waals surface area contributed by atoms with Gasteiger partial charge < -0.3 is 10.1 Å². The van der Waals surface area contributed by atoms with Gasteiger partial charge in [-0.25, -0.2) is 8.42 Å². The summed E-state index contributed by atoms with van der Waals surface area (Å²) < 4.78 is 65.9. The molecule has 1 atom stereocenters. The number of para-hydroxylation sites is 1. The predicted molar refractivity (Wildman–Crippen MR) is 61.6 cm³/mol. The van der Waals surface area contributed by atoms with Crippen molar-refractivity contribution in [3.8, 4) is 5.75 Å². The number of hydrogen-bond donors (Lipinski definition) is 1. The summed E-state index contributed by atoms with van der Waals surface area (Å²) in [6.07, 6.45) is 0.310. The van der Waals surface area contributed by atoms with Gasteiger partial charge in [0.1, 0.15) is 16.7 Å². The summed E-state index contributed by atoms with van der Waals surface area (Å²) in [6, 6.07) is 4.81. The van der Waals surface area contributed by atoms with Crippen molar-refractivity contribution < 1.29 is 26.3 Å². The second-order valence-electron chi connectivity index (χ2n) is 4.13. The molecule has 19 heavy (non-hydrogen) atoms. The molecule has 1 heterocycles. The monoisotopic (exact) mass is 295 g/mol. The van der Waals surface area contributed by atoms with E-state index in [1.165, 1.54) is 18.2 Å². The SMILES string of the molecule is O=S(=O)(c1ccccc1OC1CCNC1)C(F)(F)F. The molecule has 1 aliphatic heterocycles. The van der Waals surface area contributed by atoms with E-state index in [2.05, 4.69) is 5.32 Å². The van der Waals surface area contributed by atoms with E-state index in [1.54, 1.807) is 0 Å². The summed E-state index contributed by atoms with van der Waals surface area (Å²) in [4.78, 5) is -0.839. The van der Waals surface area contributed by atoms with Crippen molar-refractivity contribution in [2.45, 2.75) is 22.9 Å². The van der Waals surface area contributed by atoms with Gasteiger partial charge in [0, 0.05) is 6.54 Å². The van der Waals surface area contributed by atoms with Gasteiger partial charge in [-0.05, 0) is 25.1 Å². The Bertz CT molecular complexity index is 551. The Morgan fingerprint density at radius 1 is 1.26 bits per heavy atom. The second-order valence-corrected chi connectivity index (χ2v) is 6.04. The fraction of sp³-hybridized carbons (Fsp3) is 0.455. The van der Waals surface area contributed by atoms with Crippen LogP contribution in [0.4, 0.5) is 13.2 Å². The van der Waals surface area contributed by atoms with E-state index in [1.807, 2.05) is 0 Å². The van der Waals surface area contributed by atoms with E-state index in [0.29, 0.717) is 19.5 Å². The molecule has 1 aromatic rings. The van der Waals surface area contributed by atoms with Crippen molar-refractivity contribution in [2.75, 3.05) is 13.1 Å². The Kier molecular flexibility index (Phi) is 3.73. The summed E-state index contributed by atoms with van der Waals surface area (Å²) in [5.41, 5.74) is -5.33. The molecular formula is C11H12F3NO3S. The molecule has 1 aromatic carbocycles. The number of rotatable bonds is 3. The van der Waals surface area contributed by atoms with Crippen LogP contribution in [0.15, 0.2) is 29.2 Å². The topological polar surface area (TPSA) is 55.4 Å². The molecule has 0 radical (unpaired) electrons. The van der Waals surface area contributed by atoms with Crippen LogP contribution in [-0.4, -0.2) is 33.1 Å². The first kappa shape index (κ1) is 14.1. The van der Waals surface area contributed by atoms with Crippen LogP contribution >= 0.6 is 0 Å². The van der Waals surface area contributed by atoms with Crippen molar-refractivity contribution >= 4 is 9.84 Å². The molecule has 0 aliphatic carbocycles. The van der Waals surface area contributed by atoms with Crippen LogP contribution in [0.1, 0.15) is 6.42 Å². The largest absolute Gasteiger partial charge is 0.502 e. The Labute approximate surface area is 108 Å². The number of hydrogen-bond acceptors (Lipinski definition) is 4. The Hall–Kier alpha value is -1.28. The molecule has 0 amide bonds. The first-order valence-corrected chi connectivity index (χ1v) is 7.08. The van der Waals surface area contributed by atoms with E-state index in [9.17, 15) is 21.6 Å². The fourth-order valence-corrected chi connectivity index (χ4v) is 2.69. The molecule has 1 aliphatic rings. The first-order chi connectivity index (χ1) is 8.82. The summed E-state index contributed by atoms with van der Waals surface area (Å²) in [6.45, 7) is 1.18. The van der Waals surface area contributed by atoms with Crippen LogP contribution in [0.5, 0.6) is 5.75 Å². The minimum absolute atomic E-state index is 0.256. The molecule has 0 saturated carbocycles. The number of alkyl halides is 3. The van der Waals surface area contributed by atoms with Crippen molar-refractivity contribution in [2.24, 2.45) is 0 Å². The lowest BCUT2D eigenvalue weighted by Crippen LogP contribution is -2.25. The average Bonchev–Trinajstić information content (AvgIpc) is 2.81. The van der Waals surface area contributed by atoms with Crippen LogP contribution in [-0.2, 0) is 9.84 Å². The number of nitrogens with one attached hydrogen (secondary N) is 1. The third kappa shape index (κ3) is 2.84. The first-order valence-electron chi connectivity index (χ1n) is 5.60. The van der Waals surface area contributed by atoms with Gasteiger partial charge in [0.2, 0.25) is 0 Å². The van der Waals surface area contributed by atoms with Gasteiger partial charge in [0.25, 0.3) is 9.84 Å². The van der Waals surface area contributed by atoms with Crippen LogP contribution < -0.4 is 10.1 Å². The maximum absolute atomic E-state index is 12.6. The van der Waals surface area contributed by atoms with Gasteiger partial charge in [-0.3, -0.25) is 0 Å². The molecular weight excluding hydrogens is 283 g/mol. The summed E-state index contributed by atoms with van der Waals surface area (Å²) in [5, 5.41) is 2.98. The second kappa shape index (κ2) is 5.01. The van der Waals surface area contributed by atoms with E-state index in [-0.39, 0.29) is 11.9 Å². The minimum Gasteiger partial charge on any atom is -0.488 e. The van der Waals surface area contributed by atoms with Crippen molar-refractivity contribution in [1.29, 1.82) is 0 Å². The molecule has 1 N–H and O–H groups in total. The van der Waals surface area contributed by atoms with Gasteiger partial charge in [-0.2, -0.15) is 13.2 Å². The number of halogens is 3. The number of sulfone groups is 1. The summed E-state index contributed by atoms with van der Waals surface area (Å²) >= 11 is 0. The number of ether oxygens (including phenoxy) is 1. The molecule has 2 rings (SSSR count).